The second-order valence-electron chi connectivity index (χ2n) is 5.14. The lowest BCUT2D eigenvalue weighted by molar-refractivity contribution is -0.140. The molecule has 0 saturated heterocycles. The number of nitrogens with zero attached hydrogens (tertiary/aromatic N) is 1. The highest BCUT2D eigenvalue weighted by molar-refractivity contribution is 5.83. The number of ether oxygens (including phenoxy) is 1. The first-order valence-corrected chi connectivity index (χ1v) is 7.58. The summed E-state index contributed by atoms with van der Waals surface area (Å²) in [5.41, 5.74) is 4.64. The molecule has 1 amide bonds. The van der Waals surface area contributed by atoms with E-state index in [0.29, 0.717) is 12.8 Å². The number of benzene rings is 1. The normalized spacial score (nSPS) is 10.6. The number of amides is 1. The lowest BCUT2D eigenvalue weighted by Crippen LogP contribution is -2.17. The minimum Gasteiger partial charge on any atom is -0.469 e. The second kappa shape index (κ2) is 10.5. The van der Waals surface area contributed by atoms with Gasteiger partial charge in [0, 0.05) is 12.8 Å². The van der Waals surface area contributed by atoms with E-state index in [9.17, 15) is 9.59 Å². The van der Waals surface area contributed by atoms with Crippen molar-refractivity contribution in [3.8, 4) is 0 Å². The largest absolute Gasteiger partial charge is 0.469 e. The first kappa shape index (κ1) is 17.9. The Morgan fingerprint density at radius 2 is 1.82 bits per heavy atom. The summed E-state index contributed by atoms with van der Waals surface area (Å²) in [7, 11) is 1.39. The first-order valence-electron chi connectivity index (χ1n) is 7.58. The van der Waals surface area contributed by atoms with Gasteiger partial charge in [-0.25, -0.2) is 5.43 Å². The Labute approximate surface area is 131 Å². The van der Waals surface area contributed by atoms with Gasteiger partial charge in [0.05, 0.1) is 13.3 Å². The van der Waals surface area contributed by atoms with Crippen LogP contribution in [0.1, 0.15) is 49.7 Å². The molecule has 1 aromatic rings. The van der Waals surface area contributed by atoms with Crippen LogP contribution in [0, 0.1) is 6.92 Å². The SMILES string of the molecule is COC(=O)CCCCCCC(=O)N/N=C/c1ccccc1C. The summed E-state index contributed by atoms with van der Waals surface area (Å²) in [5, 5.41) is 3.97. The van der Waals surface area contributed by atoms with Crippen LogP contribution in [-0.2, 0) is 14.3 Å². The summed E-state index contributed by atoms with van der Waals surface area (Å²) in [6, 6.07) is 7.85. The molecular weight excluding hydrogens is 280 g/mol. The van der Waals surface area contributed by atoms with Gasteiger partial charge in [0.1, 0.15) is 0 Å². The number of carbonyl (C=O) groups excluding carboxylic acids is 2. The lowest BCUT2D eigenvalue weighted by atomic mass is 10.1. The van der Waals surface area contributed by atoms with Crippen LogP contribution in [-0.4, -0.2) is 25.2 Å². The fourth-order valence-corrected chi connectivity index (χ4v) is 1.97. The summed E-state index contributed by atoms with van der Waals surface area (Å²) in [6.07, 6.45) is 6.00. The smallest absolute Gasteiger partial charge is 0.305 e. The maximum absolute atomic E-state index is 11.6. The van der Waals surface area contributed by atoms with E-state index in [1.165, 1.54) is 7.11 Å². The molecule has 0 heterocycles. The fourth-order valence-electron chi connectivity index (χ4n) is 1.97. The summed E-state index contributed by atoms with van der Waals surface area (Å²) in [5.74, 6) is -0.263. The number of aryl methyl sites for hydroxylation is 1. The molecule has 0 aromatic heterocycles. The predicted molar refractivity (Wildman–Crippen MR) is 86.6 cm³/mol. The molecule has 0 unspecified atom stereocenters. The maximum Gasteiger partial charge on any atom is 0.305 e. The van der Waals surface area contributed by atoms with Crippen molar-refractivity contribution in [3.05, 3.63) is 35.4 Å². The van der Waals surface area contributed by atoms with Gasteiger partial charge in [0.25, 0.3) is 0 Å². The van der Waals surface area contributed by atoms with Crippen LogP contribution >= 0.6 is 0 Å². The Morgan fingerprint density at radius 3 is 2.50 bits per heavy atom. The highest BCUT2D eigenvalue weighted by atomic mass is 16.5. The Hall–Kier alpha value is -2.17. The fraction of sp³-hybridized carbons (Fsp3) is 0.471. The molecule has 0 fully saturated rings. The summed E-state index contributed by atoms with van der Waals surface area (Å²) in [6.45, 7) is 2.00. The summed E-state index contributed by atoms with van der Waals surface area (Å²) in [4.78, 5) is 22.5. The van der Waals surface area contributed by atoms with Gasteiger partial charge in [-0.3, -0.25) is 9.59 Å². The van der Waals surface area contributed by atoms with E-state index in [4.69, 9.17) is 0 Å². The molecule has 120 valence electrons. The van der Waals surface area contributed by atoms with Gasteiger partial charge >= 0.3 is 5.97 Å². The van der Waals surface area contributed by atoms with Crippen molar-refractivity contribution in [2.75, 3.05) is 7.11 Å². The van der Waals surface area contributed by atoms with Gasteiger partial charge in [-0.05, 0) is 30.9 Å². The van der Waals surface area contributed by atoms with Gasteiger partial charge < -0.3 is 4.74 Å². The van der Waals surface area contributed by atoms with Crippen LogP contribution in [0.5, 0.6) is 0 Å². The Bertz CT molecular complexity index is 512. The number of hydrazone groups is 1. The molecule has 1 rings (SSSR count). The topological polar surface area (TPSA) is 67.8 Å². The zero-order valence-electron chi connectivity index (χ0n) is 13.3. The number of methoxy groups -OCH3 is 1. The molecule has 0 saturated carbocycles. The minimum atomic E-state index is -0.178. The lowest BCUT2D eigenvalue weighted by Gasteiger charge is -2.02. The van der Waals surface area contributed by atoms with Crippen LogP contribution < -0.4 is 5.43 Å². The van der Waals surface area contributed by atoms with Gasteiger partial charge in [-0.1, -0.05) is 37.1 Å². The highest BCUT2D eigenvalue weighted by Crippen LogP contribution is 2.06. The van der Waals surface area contributed by atoms with Gasteiger partial charge in [-0.2, -0.15) is 5.10 Å². The van der Waals surface area contributed by atoms with Crippen molar-refractivity contribution in [2.24, 2.45) is 5.10 Å². The van der Waals surface area contributed by atoms with E-state index in [-0.39, 0.29) is 11.9 Å². The standard InChI is InChI=1S/C17H24N2O3/c1-14-9-7-8-10-15(14)13-18-19-16(20)11-5-3-4-6-12-17(21)22-2/h7-10,13H,3-6,11-12H2,1-2H3,(H,19,20)/b18-13+. The second-order valence-corrected chi connectivity index (χ2v) is 5.14. The van der Waals surface area contributed by atoms with Crippen molar-refractivity contribution in [3.63, 3.8) is 0 Å². The Balaban J connectivity index is 2.11. The molecule has 0 bridgehead atoms. The van der Waals surface area contributed by atoms with Crippen LogP contribution in [0.25, 0.3) is 0 Å². The number of nitrogens with one attached hydrogen (secondary N) is 1. The number of hydrogen-bond donors (Lipinski definition) is 1. The Morgan fingerprint density at radius 1 is 1.14 bits per heavy atom. The number of rotatable bonds is 9. The average molecular weight is 304 g/mol. The molecule has 0 atom stereocenters. The molecule has 1 N–H and O–H groups in total. The summed E-state index contributed by atoms with van der Waals surface area (Å²) < 4.78 is 4.57. The predicted octanol–water partition coefficient (Wildman–Crippen LogP) is 2.96. The zero-order valence-corrected chi connectivity index (χ0v) is 13.3. The number of esters is 1. The van der Waals surface area contributed by atoms with E-state index < -0.39 is 0 Å². The molecule has 0 aliphatic rings. The van der Waals surface area contributed by atoms with Crippen molar-refractivity contribution in [1.29, 1.82) is 0 Å². The van der Waals surface area contributed by atoms with Gasteiger partial charge in [0.15, 0.2) is 0 Å². The molecule has 0 aliphatic heterocycles. The zero-order chi connectivity index (χ0) is 16.2. The van der Waals surface area contributed by atoms with Crippen LogP contribution in [0.2, 0.25) is 0 Å². The molecule has 22 heavy (non-hydrogen) atoms. The third-order valence-corrected chi connectivity index (χ3v) is 3.34. The van der Waals surface area contributed by atoms with Crippen LogP contribution in [0.4, 0.5) is 0 Å². The van der Waals surface area contributed by atoms with Crippen molar-refractivity contribution < 1.29 is 14.3 Å². The van der Waals surface area contributed by atoms with E-state index in [2.05, 4.69) is 15.3 Å². The van der Waals surface area contributed by atoms with E-state index in [0.717, 1.165) is 36.8 Å². The van der Waals surface area contributed by atoms with E-state index in [1.54, 1.807) is 6.21 Å². The third-order valence-electron chi connectivity index (χ3n) is 3.34. The molecular formula is C17H24N2O3. The molecule has 1 aromatic carbocycles. The number of carbonyl (C=O) groups is 2. The quantitative estimate of drug-likeness (QED) is 0.330. The molecule has 5 nitrogen and oxygen atoms in total. The number of hydrogen-bond acceptors (Lipinski definition) is 4. The van der Waals surface area contributed by atoms with Crippen LogP contribution in [0.3, 0.4) is 0 Å². The first-order chi connectivity index (χ1) is 10.6. The van der Waals surface area contributed by atoms with Crippen molar-refractivity contribution in [2.45, 2.75) is 45.4 Å². The van der Waals surface area contributed by atoms with E-state index in [1.807, 2.05) is 31.2 Å². The van der Waals surface area contributed by atoms with Crippen molar-refractivity contribution in [1.82, 2.24) is 5.43 Å². The molecule has 0 aliphatic carbocycles. The van der Waals surface area contributed by atoms with Gasteiger partial charge in [0.2, 0.25) is 5.91 Å². The Kier molecular flexibility index (Phi) is 8.57. The number of unbranched alkanes of at least 4 members (excludes halogenated alkanes) is 3. The molecule has 0 radical (unpaired) electrons. The molecule has 0 spiro atoms. The summed E-state index contributed by atoms with van der Waals surface area (Å²) >= 11 is 0. The third kappa shape index (κ3) is 7.57. The average Bonchev–Trinajstić information content (AvgIpc) is 2.52. The maximum atomic E-state index is 11.6. The molecule has 5 heteroatoms. The van der Waals surface area contributed by atoms with Crippen LogP contribution in [0.15, 0.2) is 29.4 Å². The monoisotopic (exact) mass is 304 g/mol. The minimum absolute atomic E-state index is 0.0854. The highest BCUT2D eigenvalue weighted by Gasteiger charge is 2.02. The van der Waals surface area contributed by atoms with Gasteiger partial charge in [-0.15, -0.1) is 0 Å². The van der Waals surface area contributed by atoms with Crippen molar-refractivity contribution >= 4 is 18.1 Å². The van der Waals surface area contributed by atoms with E-state index >= 15 is 0 Å².